The van der Waals surface area contributed by atoms with E-state index >= 15 is 0 Å². The van der Waals surface area contributed by atoms with Crippen molar-refractivity contribution in [1.82, 2.24) is 4.90 Å². The van der Waals surface area contributed by atoms with Gasteiger partial charge >= 0.3 is 0 Å². The van der Waals surface area contributed by atoms with Gasteiger partial charge in [0.1, 0.15) is 0 Å². The Balaban J connectivity index is 1.61. The number of piperazine rings is 1. The summed E-state index contributed by atoms with van der Waals surface area (Å²) in [5, 5.41) is 10.1. The Labute approximate surface area is 132 Å². The molecule has 112 valence electrons. The molecule has 2 aliphatic rings. The molecule has 0 spiro atoms. The van der Waals surface area contributed by atoms with Crippen molar-refractivity contribution in [2.45, 2.75) is 31.7 Å². The van der Waals surface area contributed by atoms with Crippen LogP contribution in [-0.2, 0) is 0 Å². The molecule has 4 heteroatoms. The molecule has 0 bridgehead atoms. The predicted molar refractivity (Wildman–Crippen MR) is 86.6 cm³/mol. The van der Waals surface area contributed by atoms with Crippen molar-refractivity contribution < 1.29 is 0 Å². The summed E-state index contributed by atoms with van der Waals surface area (Å²) >= 11 is 6.08. The van der Waals surface area contributed by atoms with Crippen LogP contribution in [0.15, 0.2) is 24.3 Å². The number of hydrogen-bond donors (Lipinski definition) is 0. The van der Waals surface area contributed by atoms with Crippen LogP contribution in [0.3, 0.4) is 0 Å². The van der Waals surface area contributed by atoms with E-state index in [0.717, 1.165) is 37.6 Å². The Kier molecular flexibility index (Phi) is 4.67. The fourth-order valence-corrected chi connectivity index (χ4v) is 3.87. The summed E-state index contributed by atoms with van der Waals surface area (Å²) in [6, 6.07) is 11.1. The normalized spacial score (nSPS) is 27.3. The number of rotatable bonds is 2. The zero-order valence-corrected chi connectivity index (χ0v) is 13.1. The molecule has 1 aliphatic carbocycles. The van der Waals surface area contributed by atoms with E-state index in [2.05, 4.69) is 21.9 Å². The number of nitriles is 1. The van der Waals surface area contributed by atoms with Crippen LogP contribution in [0.4, 0.5) is 5.69 Å². The lowest BCUT2D eigenvalue weighted by atomic mass is 9.84. The summed E-state index contributed by atoms with van der Waals surface area (Å²) in [7, 11) is 0. The van der Waals surface area contributed by atoms with E-state index in [1.807, 2.05) is 18.2 Å². The molecule has 0 N–H and O–H groups in total. The summed E-state index contributed by atoms with van der Waals surface area (Å²) in [5.41, 5.74) is 1.21. The molecule has 0 radical (unpaired) electrons. The number of nitrogens with zero attached hydrogens (tertiary/aromatic N) is 3. The van der Waals surface area contributed by atoms with Gasteiger partial charge in [-0.15, -0.1) is 0 Å². The molecule has 21 heavy (non-hydrogen) atoms. The zero-order valence-electron chi connectivity index (χ0n) is 12.3. The zero-order chi connectivity index (χ0) is 14.7. The minimum absolute atomic E-state index is 0.233. The molecule has 0 aromatic heterocycles. The fourth-order valence-electron chi connectivity index (χ4n) is 3.68. The van der Waals surface area contributed by atoms with Crippen LogP contribution in [0.5, 0.6) is 0 Å². The second-order valence-corrected chi connectivity index (χ2v) is 6.53. The summed E-state index contributed by atoms with van der Waals surface area (Å²) in [6.45, 7) is 4.15. The third-order valence-corrected chi connectivity index (χ3v) is 5.09. The molecule has 1 heterocycles. The number of halogens is 1. The Hall–Kier alpha value is -1.24. The molecule has 3 rings (SSSR count). The summed E-state index contributed by atoms with van der Waals surface area (Å²) in [6.07, 6.45) is 4.76. The van der Waals surface area contributed by atoms with Gasteiger partial charge in [-0.3, -0.25) is 4.90 Å². The minimum Gasteiger partial charge on any atom is -0.369 e. The highest BCUT2D eigenvalue weighted by molar-refractivity contribution is 6.30. The summed E-state index contributed by atoms with van der Waals surface area (Å²) < 4.78 is 0. The highest BCUT2D eigenvalue weighted by Crippen LogP contribution is 2.29. The summed E-state index contributed by atoms with van der Waals surface area (Å²) in [5.74, 6) is 0.233. The molecule has 0 amide bonds. The lowest BCUT2D eigenvalue weighted by Crippen LogP contribution is -2.53. The van der Waals surface area contributed by atoms with E-state index in [4.69, 9.17) is 11.6 Å². The van der Waals surface area contributed by atoms with Crippen molar-refractivity contribution in [3.8, 4) is 6.07 Å². The summed E-state index contributed by atoms with van der Waals surface area (Å²) in [4.78, 5) is 4.93. The van der Waals surface area contributed by atoms with Crippen LogP contribution < -0.4 is 4.90 Å². The first-order valence-corrected chi connectivity index (χ1v) is 8.30. The van der Waals surface area contributed by atoms with Gasteiger partial charge in [-0.2, -0.15) is 5.26 Å². The maximum absolute atomic E-state index is 9.35. The van der Waals surface area contributed by atoms with E-state index in [1.54, 1.807) is 0 Å². The Morgan fingerprint density at radius 3 is 2.57 bits per heavy atom. The second-order valence-electron chi connectivity index (χ2n) is 6.09. The van der Waals surface area contributed by atoms with Gasteiger partial charge in [-0.25, -0.2) is 0 Å². The topological polar surface area (TPSA) is 30.3 Å². The van der Waals surface area contributed by atoms with Crippen molar-refractivity contribution in [2.75, 3.05) is 31.1 Å². The Bertz CT molecular complexity index is 517. The highest BCUT2D eigenvalue weighted by atomic mass is 35.5. The lowest BCUT2D eigenvalue weighted by molar-refractivity contribution is 0.120. The third-order valence-electron chi connectivity index (χ3n) is 4.85. The quantitative estimate of drug-likeness (QED) is 0.837. The first-order valence-electron chi connectivity index (χ1n) is 7.92. The van der Waals surface area contributed by atoms with Crippen LogP contribution in [-0.4, -0.2) is 37.1 Å². The average molecular weight is 304 g/mol. The van der Waals surface area contributed by atoms with Crippen molar-refractivity contribution in [2.24, 2.45) is 5.92 Å². The van der Waals surface area contributed by atoms with Crippen LogP contribution >= 0.6 is 11.6 Å². The molecule has 1 aromatic carbocycles. The van der Waals surface area contributed by atoms with E-state index < -0.39 is 0 Å². The van der Waals surface area contributed by atoms with Gasteiger partial charge in [0.15, 0.2) is 0 Å². The first-order chi connectivity index (χ1) is 10.3. The molecule has 1 saturated carbocycles. The van der Waals surface area contributed by atoms with Gasteiger partial charge in [0.05, 0.1) is 12.0 Å². The van der Waals surface area contributed by atoms with Gasteiger partial charge in [0, 0.05) is 42.9 Å². The SMILES string of the molecule is N#CC1CCCCC1N1CCN(c2cccc(Cl)c2)CC1. The Morgan fingerprint density at radius 1 is 1.10 bits per heavy atom. The van der Waals surface area contributed by atoms with Crippen LogP contribution in [0.2, 0.25) is 5.02 Å². The van der Waals surface area contributed by atoms with Crippen molar-refractivity contribution >= 4 is 17.3 Å². The van der Waals surface area contributed by atoms with Crippen molar-refractivity contribution in [1.29, 1.82) is 5.26 Å². The van der Waals surface area contributed by atoms with Crippen LogP contribution in [0.25, 0.3) is 0 Å². The van der Waals surface area contributed by atoms with Crippen molar-refractivity contribution in [3.63, 3.8) is 0 Å². The molecule has 2 fully saturated rings. The Morgan fingerprint density at radius 2 is 1.86 bits per heavy atom. The monoisotopic (exact) mass is 303 g/mol. The van der Waals surface area contributed by atoms with E-state index in [0.29, 0.717) is 6.04 Å². The van der Waals surface area contributed by atoms with Gasteiger partial charge in [0.25, 0.3) is 0 Å². The first kappa shape index (κ1) is 14.7. The van der Waals surface area contributed by atoms with Crippen LogP contribution in [0, 0.1) is 17.2 Å². The molecular formula is C17H22ClN3. The van der Waals surface area contributed by atoms with E-state index in [9.17, 15) is 5.26 Å². The molecule has 1 aromatic rings. The van der Waals surface area contributed by atoms with Crippen LogP contribution in [0.1, 0.15) is 25.7 Å². The molecule has 3 nitrogen and oxygen atoms in total. The third kappa shape index (κ3) is 3.33. The van der Waals surface area contributed by atoms with Crippen molar-refractivity contribution in [3.05, 3.63) is 29.3 Å². The largest absolute Gasteiger partial charge is 0.369 e. The maximum atomic E-state index is 9.35. The lowest BCUT2D eigenvalue weighted by Gasteiger charge is -2.43. The number of benzene rings is 1. The van der Waals surface area contributed by atoms with Gasteiger partial charge in [-0.05, 0) is 31.0 Å². The van der Waals surface area contributed by atoms with E-state index in [-0.39, 0.29) is 5.92 Å². The highest BCUT2D eigenvalue weighted by Gasteiger charge is 2.32. The maximum Gasteiger partial charge on any atom is 0.0672 e. The predicted octanol–water partition coefficient (Wildman–Crippen LogP) is 3.54. The minimum atomic E-state index is 0.233. The van der Waals surface area contributed by atoms with Gasteiger partial charge in [-0.1, -0.05) is 30.5 Å². The number of anilines is 1. The average Bonchev–Trinajstić information content (AvgIpc) is 2.55. The number of hydrogen-bond acceptors (Lipinski definition) is 3. The molecular weight excluding hydrogens is 282 g/mol. The molecule has 1 saturated heterocycles. The van der Waals surface area contributed by atoms with E-state index in [1.165, 1.54) is 24.9 Å². The van der Waals surface area contributed by atoms with Gasteiger partial charge in [0.2, 0.25) is 0 Å². The molecule has 1 aliphatic heterocycles. The van der Waals surface area contributed by atoms with Gasteiger partial charge < -0.3 is 4.90 Å². The second kappa shape index (κ2) is 6.68. The molecule has 2 unspecified atom stereocenters. The fraction of sp³-hybridized carbons (Fsp3) is 0.588. The molecule has 2 atom stereocenters. The smallest absolute Gasteiger partial charge is 0.0672 e. The standard InChI is InChI=1S/C17H22ClN3/c18-15-5-3-6-16(12-15)20-8-10-21(11-9-20)17-7-2-1-4-14(17)13-19/h3,5-6,12,14,17H,1-2,4,7-11H2.